The number of carbonyl (C=O) groups is 2. The van der Waals surface area contributed by atoms with Crippen LogP contribution < -0.4 is 0 Å². The third kappa shape index (κ3) is 5.60. The Bertz CT molecular complexity index is 982. The quantitative estimate of drug-likeness (QED) is 0.269. The summed E-state index contributed by atoms with van der Waals surface area (Å²) in [6.45, 7) is 2.20. The van der Waals surface area contributed by atoms with Gasteiger partial charge in [-0.05, 0) is 44.9 Å². The number of aliphatic hydroxyl groups excluding tert-OH is 1. The van der Waals surface area contributed by atoms with Gasteiger partial charge in [0.25, 0.3) is 0 Å². The molecule has 2 N–H and O–H groups in total. The van der Waals surface area contributed by atoms with Crippen LogP contribution in [0.2, 0.25) is 10.0 Å². The molecule has 0 aromatic heterocycles. The van der Waals surface area contributed by atoms with E-state index in [1.807, 2.05) is 0 Å². The van der Waals surface area contributed by atoms with E-state index in [0.29, 0.717) is 0 Å². The van der Waals surface area contributed by atoms with Crippen LogP contribution in [0.15, 0.2) is 34.4 Å². The number of rotatable bonds is 7. The van der Waals surface area contributed by atoms with Crippen LogP contribution in [0.4, 0.5) is 0 Å². The summed E-state index contributed by atoms with van der Waals surface area (Å²) < 4.78 is 32.0. The second kappa shape index (κ2) is 9.91. The molecule has 1 saturated heterocycles. The highest BCUT2D eigenvalue weighted by Gasteiger charge is 2.34. The Hall–Kier alpha value is -1.94. The summed E-state index contributed by atoms with van der Waals surface area (Å²) in [5, 5.41) is 17.8. The number of allylic oxidation sites excluding steroid dienone is 1. The molecule has 8 nitrogen and oxygen atoms in total. The number of piperidine rings is 1. The predicted molar refractivity (Wildman–Crippen MR) is 113 cm³/mol. The monoisotopic (exact) mass is 476 g/mol. The molecule has 1 aliphatic rings. The van der Waals surface area contributed by atoms with Crippen molar-refractivity contribution in [2.75, 3.05) is 19.7 Å². The molecule has 1 aromatic carbocycles. The van der Waals surface area contributed by atoms with Gasteiger partial charge >= 0.3 is 5.97 Å². The van der Waals surface area contributed by atoms with E-state index in [4.69, 9.17) is 33.3 Å². The van der Waals surface area contributed by atoms with Crippen molar-refractivity contribution >= 4 is 50.7 Å². The SMILES string of the molecule is CC(=N)/C(C(C)=O)=C(/O)COC(=O)C1CCN(S(=O)(=O)c2cc(Cl)ccc2Cl)CC1. The number of hydrogen-bond acceptors (Lipinski definition) is 7. The van der Waals surface area contributed by atoms with Crippen molar-refractivity contribution in [2.45, 2.75) is 31.6 Å². The maximum Gasteiger partial charge on any atom is 0.309 e. The minimum absolute atomic E-state index is 0.0611. The molecule has 0 spiro atoms. The lowest BCUT2D eigenvalue weighted by Gasteiger charge is -2.30. The number of sulfonamides is 1. The molecular formula is C19H22Cl2N2O6S. The molecule has 30 heavy (non-hydrogen) atoms. The minimum Gasteiger partial charge on any atom is -0.508 e. The van der Waals surface area contributed by atoms with Crippen molar-refractivity contribution in [2.24, 2.45) is 5.92 Å². The molecule has 1 aliphatic heterocycles. The molecule has 2 rings (SSSR count). The van der Waals surface area contributed by atoms with Gasteiger partial charge in [-0.3, -0.25) is 9.59 Å². The maximum absolute atomic E-state index is 12.8. The van der Waals surface area contributed by atoms with E-state index in [1.165, 1.54) is 36.4 Å². The average Bonchev–Trinajstić information content (AvgIpc) is 2.67. The van der Waals surface area contributed by atoms with E-state index in [2.05, 4.69) is 0 Å². The van der Waals surface area contributed by atoms with Crippen molar-refractivity contribution < 1.29 is 27.9 Å². The number of esters is 1. The highest BCUT2D eigenvalue weighted by molar-refractivity contribution is 7.89. The van der Waals surface area contributed by atoms with E-state index in [1.54, 1.807) is 0 Å². The molecule has 1 aromatic rings. The summed E-state index contributed by atoms with van der Waals surface area (Å²) in [6.07, 6.45) is 0.452. The number of aliphatic hydroxyl groups is 1. The van der Waals surface area contributed by atoms with Gasteiger partial charge in [0, 0.05) is 23.8 Å². The molecule has 0 atom stereocenters. The summed E-state index contributed by atoms with van der Waals surface area (Å²) in [5.74, 6) is -2.15. The fraction of sp³-hybridized carbons (Fsp3) is 0.421. The second-order valence-corrected chi connectivity index (χ2v) is 9.61. The third-order valence-corrected chi connectivity index (χ3v) is 7.28. The molecule has 0 amide bonds. The van der Waals surface area contributed by atoms with Gasteiger partial charge < -0.3 is 15.3 Å². The van der Waals surface area contributed by atoms with Crippen molar-refractivity contribution in [3.63, 3.8) is 0 Å². The molecule has 1 fully saturated rings. The molecule has 0 saturated carbocycles. The Labute approximate surface area is 185 Å². The largest absolute Gasteiger partial charge is 0.508 e. The van der Waals surface area contributed by atoms with Crippen molar-refractivity contribution in [3.8, 4) is 0 Å². The topological polar surface area (TPSA) is 125 Å². The van der Waals surface area contributed by atoms with E-state index in [9.17, 15) is 23.1 Å². The standard InChI is InChI=1S/C19H22Cl2N2O6S/c1-11(22)18(12(2)24)16(25)10-29-19(26)13-5-7-23(8-6-13)30(27,28)17-9-14(20)3-4-15(17)21/h3-4,9,13,22,25H,5-8,10H2,1-2H3/b18-16-,22-11?. The summed E-state index contributed by atoms with van der Waals surface area (Å²) in [7, 11) is -3.86. The number of halogens is 2. The number of ketones is 1. The van der Waals surface area contributed by atoms with Crippen LogP contribution >= 0.6 is 23.2 Å². The van der Waals surface area contributed by atoms with Gasteiger partial charge in [0.15, 0.2) is 5.78 Å². The van der Waals surface area contributed by atoms with Crippen LogP contribution in [0.3, 0.4) is 0 Å². The molecule has 1 heterocycles. The zero-order chi connectivity index (χ0) is 22.6. The van der Waals surface area contributed by atoms with E-state index in [-0.39, 0.29) is 52.2 Å². The first kappa shape index (κ1) is 24.3. The fourth-order valence-corrected chi connectivity index (χ4v) is 5.37. The van der Waals surface area contributed by atoms with Crippen LogP contribution in [0.25, 0.3) is 0 Å². The summed E-state index contributed by atoms with van der Waals surface area (Å²) in [4.78, 5) is 23.7. The van der Waals surface area contributed by atoms with Crippen LogP contribution in [-0.4, -0.2) is 55.0 Å². The summed E-state index contributed by atoms with van der Waals surface area (Å²) in [5.41, 5.74) is -0.323. The number of hydrogen-bond donors (Lipinski definition) is 2. The lowest BCUT2D eigenvalue weighted by atomic mass is 9.98. The number of nitrogens with one attached hydrogen (secondary N) is 1. The minimum atomic E-state index is -3.86. The maximum atomic E-state index is 12.8. The van der Waals surface area contributed by atoms with Crippen molar-refractivity contribution in [3.05, 3.63) is 39.6 Å². The molecule has 11 heteroatoms. The van der Waals surface area contributed by atoms with Crippen molar-refractivity contribution in [1.82, 2.24) is 4.31 Å². The first-order valence-electron chi connectivity index (χ1n) is 9.05. The Kier molecular flexibility index (Phi) is 8.04. The third-order valence-electron chi connectivity index (χ3n) is 4.67. The Morgan fingerprint density at radius 2 is 1.83 bits per heavy atom. The van der Waals surface area contributed by atoms with E-state index < -0.39 is 40.1 Å². The number of nitrogens with zero attached hydrogens (tertiary/aromatic N) is 1. The van der Waals surface area contributed by atoms with Gasteiger partial charge in [-0.1, -0.05) is 23.2 Å². The highest BCUT2D eigenvalue weighted by Crippen LogP contribution is 2.30. The van der Waals surface area contributed by atoms with Crippen LogP contribution in [0.5, 0.6) is 0 Å². The van der Waals surface area contributed by atoms with Gasteiger partial charge in [-0.25, -0.2) is 8.42 Å². The van der Waals surface area contributed by atoms with Gasteiger partial charge in [-0.2, -0.15) is 4.31 Å². The van der Waals surface area contributed by atoms with Crippen LogP contribution in [-0.2, 0) is 24.3 Å². The number of benzene rings is 1. The smallest absolute Gasteiger partial charge is 0.309 e. The average molecular weight is 477 g/mol. The molecule has 0 radical (unpaired) electrons. The summed E-state index contributed by atoms with van der Waals surface area (Å²) in [6, 6.07) is 4.19. The van der Waals surface area contributed by atoms with E-state index in [0.717, 1.165) is 0 Å². The van der Waals surface area contributed by atoms with Gasteiger partial charge in [0.05, 0.1) is 16.5 Å². The molecule has 0 aliphatic carbocycles. The number of ether oxygens (including phenoxy) is 1. The number of Topliss-reactive ketones (excluding diaryl/α,β-unsaturated/α-hetero) is 1. The molecule has 164 valence electrons. The zero-order valence-electron chi connectivity index (χ0n) is 16.4. The lowest BCUT2D eigenvalue weighted by molar-refractivity contribution is -0.149. The lowest BCUT2D eigenvalue weighted by Crippen LogP contribution is -2.40. The first-order chi connectivity index (χ1) is 13.9. The molecular weight excluding hydrogens is 455 g/mol. The summed E-state index contributed by atoms with van der Waals surface area (Å²) >= 11 is 11.9. The molecule has 0 bridgehead atoms. The normalized spacial score (nSPS) is 16.7. The Balaban J connectivity index is 2.01. The van der Waals surface area contributed by atoms with Crippen LogP contribution in [0, 0.1) is 11.3 Å². The zero-order valence-corrected chi connectivity index (χ0v) is 18.8. The fourth-order valence-electron chi connectivity index (χ4n) is 3.16. The van der Waals surface area contributed by atoms with E-state index >= 15 is 0 Å². The van der Waals surface area contributed by atoms with Gasteiger partial charge in [0.2, 0.25) is 10.0 Å². The Morgan fingerprint density at radius 3 is 2.37 bits per heavy atom. The number of carbonyl (C=O) groups excluding carboxylic acids is 2. The van der Waals surface area contributed by atoms with Crippen LogP contribution in [0.1, 0.15) is 26.7 Å². The Morgan fingerprint density at radius 1 is 1.23 bits per heavy atom. The van der Waals surface area contributed by atoms with Crippen molar-refractivity contribution in [1.29, 1.82) is 5.41 Å². The predicted octanol–water partition coefficient (Wildman–Crippen LogP) is 3.38. The highest BCUT2D eigenvalue weighted by atomic mass is 35.5. The first-order valence-corrected chi connectivity index (χ1v) is 11.2. The second-order valence-electron chi connectivity index (χ2n) is 6.86. The van der Waals surface area contributed by atoms with Gasteiger partial charge in [0.1, 0.15) is 17.3 Å². The van der Waals surface area contributed by atoms with Gasteiger partial charge in [-0.15, -0.1) is 0 Å². The molecule has 0 unspecified atom stereocenters.